The van der Waals surface area contributed by atoms with Crippen LogP contribution < -0.4 is 15.5 Å². The molecule has 2 fully saturated rings. The molecule has 3 aromatic carbocycles. The van der Waals surface area contributed by atoms with Gasteiger partial charge in [0.05, 0.1) is 29.4 Å². The molecule has 2 aliphatic rings. The first-order valence-corrected chi connectivity index (χ1v) is 18.4. The first kappa shape index (κ1) is 33.8. The van der Waals surface area contributed by atoms with Gasteiger partial charge in [0.15, 0.2) is 5.82 Å². The average molecular weight is 734 g/mol. The highest BCUT2D eigenvalue weighted by Crippen LogP contribution is 2.42. The fraction of sp³-hybridized carbons (Fsp3) is 0.250. The van der Waals surface area contributed by atoms with Crippen molar-refractivity contribution in [3.63, 3.8) is 0 Å². The first-order valence-electron chi connectivity index (χ1n) is 17.6. The predicted molar refractivity (Wildman–Crippen MR) is 207 cm³/mol. The number of benzene rings is 3. The zero-order chi connectivity index (χ0) is 35.8. The molecule has 1 atom stereocenters. The SMILES string of the molecule is C[C@@H](c1ccc(Cl)cc1)n1cnc(-c2ccccc2)c1-c1c(C(=O)Nc2cccnc2N2CCC(NC(=O)N3CCC3)CC2)[nH]c2cc(Cl)ccc12. The van der Waals surface area contributed by atoms with Crippen molar-refractivity contribution < 1.29 is 9.59 Å². The van der Waals surface area contributed by atoms with Crippen molar-refractivity contribution in [2.24, 2.45) is 0 Å². The van der Waals surface area contributed by atoms with Crippen molar-refractivity contribution in [3.05, 3.63) is 119 Å². The van der Waals surface area contributed by atoms with Crippen LogP contribution in [0.4, 0.5) is 16.3 Å². The van der Waals surface area contributed by atoms with Crippen LogP contribution in [0, 0.1) is 0 Å². The Morgan fingerprint density at radius 3 is 2.37 bits per heavy atom. The summed E-state index contributed by atoms with van der Waals surface area (Å²) in [6, 6.07) is 27.1. The minimum atomic E-state index is -0.320. The summed E-state index contributed by atoms with van der Waals surface area (Å²) >= 11 is 12.8. The Hall–Kier alpha value is -5.32. The van der Waals surface area contributed by atoms with Gasteiger partial charge in [-0.1, -0.05) is 71.7 Å². The van der Waals surface area contributed by atoms with Crippen LogP contribution in [0.2, 0.25) is 10.0 Å². The third kappa shape index (κ3) is 6.60. The summed E-state index contributed by atoms with van der Waals surface area (Å²) in [6.07, 6.45) is 6.21. The molecule has 3 N–H and O–H groups in total. The van der Waals surface area contributed by atoms with Gasteiger partial charge in [-0.05, 0) is 68.1 Å². The number of halogens is 2. The van der Waals surface area contributed by atoms with Crippen molar-refractivity contribution in [2.75, 3.05) is 36.4 Å². The lowest BCUT2D eigenvalue weighted by molar-refractivity contribution is 0.102. The lowest BCUT2D eigenvalue weighted by Crippen LogP contribution is -2.53. The summed E-state index contributed by atoms with van der Waals surface area (Å²) < 4.78 is 2.11. The molecule has 3 aromatic heterocycles. The molecule has 2 saturated heterocycles. The van der Waals surface area contributed by atoms with E-state index < -0.39 is 0 Å². The second-order valence-electron chi connectivity index (χ2n) is 13.4. The number of carbonyl (C=O) groups excluding carboxylic acids is 2. The third-order valence-corrected chi connectivity index (χ3v) is 10.6. The maximum Gasteiger partial charge on any atom is 0.317 e. The molecule has 0 unspecified atom stereocenters. The Morgan fingerprint density at radius 1 is 0.885 bits per heavy atom. The molecule has 12 heteroatoms. The highest BCUT2D eigenvalue weighted by atomic mass is 35.5. The van der Waals surface area contributed by atoms with Crippen LogP contribution in [0.5, 0.6) is 0 Å². The van der Waals surface area contributed by atoms with Crippen molar-refractivity contribution >= 4 is 57.5 Å². The molecule has 10 nitrogen and oxygen atoms in total. The van der Waals surface area contributed by atoms with Gasteiger partial charge < -0.3 is 30.0 Å². The minimum Gasteiger partial charge on any atom is -0.355 e. The average Bonchev–Trinajstić information content (AvgIpc) is 3.73. The Labute approximate surface area is 311 Å². The number of H-pyrrole nitrogens is 1. The van der Waals surface area contributed by atoms with Crippen LogP contribution in [-0.2, 0) is 0 Å². The van der Waals surface area contributed by atoms with Crippen LogP contribution >= 0.6 is 23.2 Å². The number of piperidine rings is 1. The Bertz CT molecular complexity index is 2240. The van der Waals surface area contributed by atoms with Gasteiger partial charge in [0.2, 0.25) is 0 Å². The van der Waals surface area contributed by atoms with E-state index in [0.717, 1.165) is 65.8 Å². The number of aromatic nitrogens is 4. The van der Waals surface area contributed by atoms with Crippen molar-refractivity contribution in [1.29, 1.82) is 0 Å². The zero-order valence-corrected chi connectivity index (χ0v) is 30.2. The van der Waals surface area contributed by atoms with E-state index in [1.807, 2.05) is 96.2 Å². The number of imidazole rings is 1. The maximum absolute atomic E-state index is 14.6. The summed E-state index contributed by atoms with van der Waals surface area (Å²) in [5, 5.41) is 8.43. The van der Waals surface area contributed by atoms with E-state index in [1.54, 1.807) is 6.20 Å². The van der Waals surface area contributed by atoms with Gasteiger partial charge in [-0.2, -0.15) is 0 Å². The van der Waals surface area contributed by atoms with Crippen molar-refractivity contribution in [3.8, 4) is 22.5 Å². The standard InChI is InChI=1S/C40H38Cl2N8O2/c1-25(26-10-12-28(41)13-11-26)50-24-44-35(27-7-3-2-4-8-27)37(50)34-31-15-14-29(42)23-33(31)46-36(34)39(51)47-32-9-5-18-43-38(32)48-21-16-30(17-22-48)45-40(52)49-19-6-20-49/h2-5,7-15,18,23-25,30,46H,6,16-17,19-22H2,1H3,(H,45,52)(H,47,51)/t25-/m0/s1. The molecule has 52 heavy (non-hydrogen) atoms. The van der Waals surface area contributed by atoms with E-state index in [-0.39, 0.29) is 24.0 Å². The molecule has 0 saturated carbocycles. The summed E-state index contributed by atoms with van der Waals surface area (Å²) in [5.74, 6) is 0.370. The number of urea groups is 1. The number of hydrogen-bond donors (Lipinski definition) is 3. The minimum absolute atomic E-state index is 0.0187. The summed E-state index contributed by atoms with van der Waals surface area (Å²) in [6.45, 7) is 5.15. The number of nitrogens with one attached hydrogen (secondary N) is 3. The normalized spacial score (nSPS) is 15.4. The molecule has 6 aromatic rings. The van der Waals surface area contributed by atoms with Crippen molar-refractivity contribution in [2.45, 2.75) is 38.3 Å². The van der Waals surface area contributed by atoms with Crippen LogP contribution in [0.3, 0.4) is 0 Å². The third-order valence-electron chi connectivity index (χ3n) is 10.1. The monoisotopic (exact) mass is 732 g/mol. The molecular formula is C40H38Cl2N8O2. The van der Waals surface area contributed by atoms with E-state index in [1.165, 1.54) is 0 Å². The molecule has 0 aliphatic carbocycles. The van der Waals surface area contributed by atoms with E-state index in [0.29, 0.717) is 45.9 Å². The predicted octanol–water partition coefficient (Wildman–Crippen LogP) is 8.65. The highest BCUT2D eigenvalue weighted by Gasteiger charge is 2.30. The Kier molecular flexibility index (Phi) is 9.34. The van der Waals surface area contributed by atoms with Crippen LogP contribution in [0.15, 0.2) is 97.5 Å². The number of aromatic amines is 1. The molecule has 8 rings (SSSR count). The molecule has 3 amide bonds. The second kappa shape index (κ2) is 14.4. The van der Waals surface area contributed by atoms with Gasteiger partial charge in [-0.15, -0.1) is 0 Å². The van der Waals surface area contributed by atoms with E-state index in [4.69, 9.17) is 33.2 Å². The van der Waals surface area contributed by atoms with Crippen molar-refractivity contribution in [1.82, 2.24) is 29.7 Å². The number of fused-ring (bicyclic) bond motifs is 1. The Balaban J connectivity index is 1.16. The number of hydrogen-bond acceptors (Lipinski definition) is 5. The molecule has 2 aliphatic heterocycles. The number of amides is 3. The fourth-order valence-corrected chi connectivity index (χ4v) is 7.45. The second-order valence-corrected chi connectivity index (χ2v) is 14.3. The number of pyridine rings is 1. The molecule has 264 valence electrons. The van der Waals surface area contributed by atoms with Gasteiger partial charge in [-0.25, -0.2) is 14.8 Å². The number of carbonyl (C=O) groups is 2. The summed E-state index contributed by atoms with van der Waals surface area (Å²) in [5.41, 5.74) is 5.93. The molecular weight excluding hydrogens is 695 g/mol. The van der Waals surface area contributed by atoms with Crippen LogP contribution in [0.25, 0.3) is 33.4 Å². The quantitative estimate of drug-likeness (QED) is 0.145. The molecule has 0 bridgehead atoms. The Morgan fingerprint density at radius 2 is 1.63 bits per heavy atom. The largest absolute Gasteiger partial charge is 0.355 e. The van der Waals surface area contributed by atoms with Gasteiger partial charge in [0.1, 0.15) is 5.69 Å². The van der Waals surface area contributed by atoms with Gasteiger partial charge in [-0.3, -0.25) is 4.79 Å². The van der Waals surface area contributed by atoms with E-state index in [9.17, 15) is 9.59 Å². The van der Waals surface area contributed by atoms with Gasteiger partial charge >= 0.3 is 6.03 Å². The number of rotatable bonds is 8. The molecule has 0 radical (unpaired) electrons. The number of anilines is 2. The summed E-state index contributed by atoms with van der Waals surface area (Å²) in [7, 11) is 0. The smallest absolute Gasteiger partial charge is 0.317 e. The molecule has 0 spiro atoms. The van der Waals surface area contributed by atoms with E-state index in [2.05, 4.69) is 32.0 Å². The number of nitrogens with zero attached hydrogens (tertiary/aromatic N) is 5. The zero-order valence-electron chi connectivity index (χ0n) is 28.7. The van der Waals surface area contributed by atoms with Gasteiger partial charge in [0.25, 0.3) is 5.91 Å². The lowest BCUT2D eigenvalue weighted by atomic mass is 9.99. The van der Waals surface area contributed by atoms with Gasteiger partial charge in [0, 0.05) is 70.5 Å². The van der Waals surface area contributed by atoms with Crippen LogP contribution in [0.1, 0.15) is 48.3 Å². The highest BCUT2D eigenvalue weighted by molar-refractivity contribution is 6.31. The van der Waals surface area contributed by atoms with E-state index >= 15 is 0 Å². The maximum atomic E-state index is 14.6. The fourth-order valence-electron chi connectivity index (χ4n) is 7.15. The van der Waals surface area contributed by atoms with Crippen LogP contribution in [-0.4, -0.2) is 68.6 Å². The summed E-state index contributed by atoms with van der Waals surface area (Å²) in [4.78, 5) is 44.2. The molecule has 5 heterocycles. The first-order chi connectivity index (χ1) is 25.3. The number of likely N-dealkylation sites (tertiary alicyclic amines) is 1. The lowest BCUT2D eigenvalue weighted by Gasteiger charge is -2.37. The topological polar surface area (TPSA) is 111 Å².